The number of aromatic amines is 1. The molecule has 0 saturated heterocycles. The number of aromatic nitrogens is 2. The third-order valence-electron chi connectivity index (χ3n) is 3.56. The van der Waals surface area contributed by atoms with Gasteiger partial charge in [0.25, 0.3) is 0 Å². The highest BCUT2D eigenvalue weighted by atomic mass is 16.5. The molecule has 0 atom stereocenters. The molecule has 0 spiro atoms. The molecule has 3 aromatic rings. The summed E-state index contributed by atoms with van der Waals surface area (Å²) in [6.07, 6.45) is 1.67. The van der Waals surface area contributed by atoms with Crippen molar-refractivity contribution < 1.29 is 19.1 Å². The smallest absolute Gasteiger partial charge is 0.314 e. The number of H-pyrrole nitrogens is 1. The maximum Gasteiger partial charge on any atom is 0.314 e. The normalized spacial score (nSPS) is 10.3. The zero-order valence-corrected chi connectivity index (χ0v) is 13.6. The molecule has 0 saturated carbocycles. The zero-order chi connectivity index (χ0) is 17.8. The van der Waals surface area contributed by atoms with Gasteiger partial charge in [-0.3, -0.25) is 14.7 Å². The lowest BCUT2D eigenvalue weighted by molar-refractivity contribution is -0.133. The molecule has 2 aromatic carbocycles. The summed E-state index contributed by atoms with van der Waals surface area (Å²) in [5, 5.41) is 12.7. The van der Waals surface area contributed by atoms with Crippen LogP contribution in [-0.4, -0.2) is 36.2 Å². The van der Waals surface area contributed by atoms with E-state index >= 15 is 0 Å². The Morgan fingerprint density at radius 3 is 2.56 bits per heavy atom. The minimum atomic E-state index is -0.812. The Hall–Kier alpha value is -3.55. The second-order valence-electron chi connectivity index (χ2n) is 5.15. The fraction of sp³-hybridized carbons (Fsp3) is 0.118. The second-order valence-corrected chi connectivity index (χ2v) is 5.15. The van der Waals surface area contributed by atoms with E-state index in [1.54, 1.807) is 42.6 Å². The monoisotopic (exact) mass is 340 g/mol. The summed E-state index contributed by atoms with van der Waals surface area (Å²) in [7, 11) is 2.99. The van der Waals surface area contributed by atoms with Crippen LogP contribution in [0.1, 0.15) is 0 Å². The molecule has 0 bridgehead atoms. The van der Waals surface area contributed by atoms with Gasteiger partial charge in [-0.15, -0.1) is 0 Å². The maximum atomic E-state index is 12.1. The van der Waals surface area contributed by atoms with Crippen molar-refractivity contribution in [2.75, 3.05) is 24.9 Å². The van der Waals surface area contributed by atoms with Crippen molar-refractivity contribution in [3.63, 3.8) is 0 Å². The lowest BCUT2D eigenvalue weighted by Crippen LogP contribution is -2.29. The molecule has 0 unspecified atom stereocenters. The average molecular weight is 340 g/mol. The first-order valence-corrected chi connectivity index (χ1v) is 7.38. The summed E-state index contributed by atoms with van der Waals surface area (Å²) in [6.45, 7) is 0. The molecule has 128 valence electrons. The van der Waals surface area contributed by atoms with E-state index < -0.39 is 11.8 Å². The standard InChI is InChI=1S/C17H16N4O4/c1-24-12-5-6-13(15(8-12)25-2)20-17(23)16(22)19-11-4-3-10-9-18-21-14(10)7-11/h3-9H,1-2H3,(H,18,21)(H,19,22)(H,20,23). The highest BCUT2D eigenvalue weighted by Gasteiger charge is 2.16. The first-order chi connectivity index (χ1) is 12.1. The molecule has 0 fully saturated rings. The quantitative estimate of drug-likeness (QED) is 0.631. The summed E-state index contributed by atoms with van der Waals surface area (Å²) >= 11 is 0. The van der Waals surface area contributed by atoms with Crippen molar-refractivity contribution in [3.05, 3.63) is 42.6 Å². The number of ether oxygens (including phenoxy) is 2. The lowest BCUT2D eigenvalue weighted by Gasteiger charge is -2.11. The first-order valence-electron chi connectivity index (χ1n) is 7.38. The predicted molar refractivity (Wildman–Crippen MR) is 92.9 cm³/mol. The Bertz CT molecular complexity index is 935. The summed E-state index contributed by atoms with van der Waals surface area (Å²) < 4.78 is 10.3. The van der Waals surface area contributed by atoms with E-state index in [1.807, 2.05) is 0 Å². The van der Waals surface area contributed by atoms with Crippen LogP contribution in [0.5, 0.6) is 11.5 Å². The Morgan fingerprint density at radius 1 is 1.00 bits per heavy atom. The van der Waals surface area contributed by atoms with E-state index in [0.29, 0.717) is 22.9 Å². The molecule has 1 aromatic heterocycles. The second kappa shape index (κ2) is 6.91. The van der Waals surface area contributed by atoms with Crippen molar-refractivity contribution in [2.24, 2.45) is 0 Å². The number of nitrogens with one attached hydrogen (secondary N) is 3. The van der Waals surface area contributed by atoms with Crippen LogP contribution in [0.2, 0.25) is 0 Å². The molecule has 25 heavy (non-hydrogen) atoms. The number of methoxy groups -OCH3 is 2. The van der Waals surface area contributed by atoms with E-state index in [9.17, 15) is 9.59 Å². The van der Waals surface area contributed by atoms with Gasteiger partial charge in [0, 0.05) is 17.1 Å². The first kappa shape index (κ1) is 16.3. The Labute approximate surface area is 143 Å². The van der Waals surface area contributed by atoms with Crippen LogP contribution in [0.4, 0.5) is 11.4 Å². The Kier molecular flexibility index (Phi) is 4.51. The molecule has 3 N–H and O–H groups in total. The van der Waals surface area contributed by atoms with E-state index in [-0.39, 0.29) is 0 Å². The molecule has 0 aliphatic carbocycles. The van der Waals surface area contributed by atoms with Crippen molar-refractivity contribution in [1.29, 1.82) is 0 Å². The molecule has 0 aliphatic heterocycles. The van der Waals surface area contributed by atoms with Gasteiger partial charge >= 0.3 is 11.8 Å². The minimum absolute atomic E-state index is 0.368. The zero-order valence-electron chi connectivity index (χ0n) is 13.6. The van der Waals surface area contributed by atoms with Crippen LogP contribution in [0.15, 0.2) is 42.6 Å². The third kappa shape index (κ3) is 3.52. The molecule has 8 nitrogen and oxygen atoms in total. The fourth-order valence-electron chi connectivity index (χ4n) is 2.28. The van der Waals surface area contributed by atoms with Gasteiger partial charge < -0.3 is 20.1 Å². The van der Waals surface area contributed by atoms with E-state index in [1.165, 1.54) is 14.2 Å². The number of hydrogen-bond acceptors (Lipinski definition) is 5. The SMILES string of the molecule is COc1ccc(NC(=O)C(=O)Nc2ccc3cn[nH]c3c2)c(OC)c1. The maximum absolute atomic E-state index is 12.1. The van der Waals surface area contributed by atoms with Crippen LogP contribution in [-0.2, 0) is 9.59 Å². The number of carbonyl (C=O) groups excluding carboxylic acids is 2. The number of nitrogens with zero attached hydrogens (tertiary/aromatic N) is 1. The molecule has 0 radical (unpaired) electrons. The fourth-order valence-corrected chi connectivity index (χ4v) is 2.28. The number of anilines is 2. The topological polar surface area (TPSA) is 105 Å². The van der Waals surface area contributed by atoms with E-state index in [2.05, 4.69) is 20.8 Å². The van der Waals surface area contributed by atoms with Gasteiger partial charge in [0.05, 0.1) is 31.6 Å². The van der Waals surface area contributed by atoms with Gasteiger partial charge in [-0.25, -0.2) is 0 Å². The van der Waals surface area contributed by atoms with Gasteiger partial charge in [-0.2, -0.15) is 5.10 Å². The van der Waals surface area contributed by atoms with Gasteiger partial charge in [-0.05, 0) is 30.3 Å². The third-order valence-corrected chi connectivity index (χ3v) is 3.56. The summed E-state index contributed by atoms with van der Waals surface area (Å²) in [5.41, 5.74) is 1.61. The van der Waals surface area contributed by atoms with Crippen molar-refractivity contribution in [3.8, 4) is 11.5 Å². The number of hydrogen-bond donors (Lipinski definition) is 3. The molecule has 3 rings (SSSR count). The minimum Gasteiger partial charge on any atom is -0.497 e. The summed E-state index contributed by atoms with van der Waals surface area (Å²) in [6, 6.07) is 10.0. The Morgan fingerprint density at radius 2 is 1.80 bits per heavy atom. The highest BCUT2D eigenvalue weighted by Crippen LogP contribution is 2.29. The van der Waals surface area contributed by atoms with Gasteiger partial charge in [0.1, 0.15) is 11.5 Å². The van der Waals surface area contributed by atoms with Gasteiger partial charge in [0.2, 0.25) is 0 Å². The van der Waals surface area contributed by atoms with Crippen LogP contribution in [0, 0.1) is 0 Å². The van der Waals surface area contributed by atoms with Crippen LogP contribution < -0.4 is 20.1 Å². The van der Waals surface area contributed by atoms with Crippen LogP contribution >= 0.6 is 0 Å². The lowest BCUT2D eigenvalue weighted by atomic mass is 10.2. The number of benzene rings is 2. The number of amides is 2. The summed E-state index contributed by atoms with van der Waals surface area (Å²) in [4.78, 5) is 24.2. The molecule has 1 heterocycles. The molecular formula is C17H16N4O4. The molecule has 8 heteroatoms. The number of carbonyl (C=O) groups is 2. The molecule has 0 aliphatic rings. The molecular weight excluding hydrogens is 324 g/mol. The van der Waals surface area contributed by atoms with Crippen molar-refractivity contribution in [2.45, 2.75) is 0 Å². The molecule has 2 amide bonds. The van der Waals surface area contributed by atoms with Gasteiger partial charge in [-0.1, -0.05) is 0 Å². The predicted octanol–water partition coefficient (Wildman–Crippen LogP) is 2.16. The van der Waals surface area contributed by atoms with Crippen LogP contribution in [0.3, 0.4) is 0 Å². The summed E-state index contributed by atoms with van der Waals surface area (Å²) in [5.74, 6) is -0.642. The Balaban J connectivity index is 1.71. The van der Waals surface area contributed by atoms with Gasteiger partial charge in [0.15, 0.2) is 0 Å². The largest absolute Gasteiger partial charge is 0.497 e. The van der Waals surface area contributed by atoms with E-state index in [0.717, 1.165) is 10.9 Å². The number of rotatable bonds is 4. The number of fused-ring (bicyclic) bond motifs is 1. The average Bonchev–Trinajstić information content (AvgIpc) is 3.09. The highest BCUT2D eigenvalue weighted by molar-refractivity contribution is 6.43. The van der Waals surface area contributed by atoms with Crippen molar-refractivity contribution in [1.82, 2.24) is 10.2 Å². The van der Waals surface area contributed by atoms with Crippen molar-refractivity contribution >= 4 is 34.1 Å². The van der Waals surface area contributed by atoms with Crippen LogP contribution in [0.25, 0.3) is 10.9 Å². The van der Waals surface area contributed by atoms with E-state index in [4.69, 9.17) is 9.47 Å².